The van der Waals surface area contributed by atoms with Crippen molar-refractivity contribution < 1.29 is 46.1 Å². The van der Waals surface area contributed by atoms with Crippen LogP contribution < -0.4 is 15.1 Å². The summed E-state index contributed by atoms with van der Waals surface area (Å²) in [5.74, 6) is -1.63. The number of benzene rings is 4. The monoisotopic (exact) mass is 750 g/mol. The zero-order valence-corrected chi connectivity index (χ0v) is 31.9. The van der Waals surface area contributed by atoms with E-state index in [0.29, 0.717) is 5.75 Å². The van der Waals surface area contributed by atoms with Gasteiger partial charge in [0, 0.05) is 31.6 Å². The fourth-order valence-corrected chi connectivity index (χ4v) is 11.1. The van der Waals surface area contributed by atoms with E-state index in [4.69, 9.17) is 28.1 Å². The largest absolute Gasteiger partial charge is 0.497 e. The Hall–Kier alpha value is -4.26. The average Bonchev–Trinajstić information content (AvgIpc) is 3.15. The van der Waals surface area contributed by atoms with Crippen LogP contribution in [0, 0.1) is 5.92 Å². The minimum Gasteiger partial charge on any atom is -0.497 e. The highest BCUT2D eigenvalue weighted by Gasteiger charge is 2.64. The molecule has 4 aromatic rings. The number of carbonyl (C=O) groups excluding carboxylic acids is 1. The molecule has 0 saturated carbocycles. The van der Waals surface area contributed by atoms with E-state index < -0.39 is 48.7 Å². The minimum atomic E-state index is -5.15. The molecule has 0 aliphatic rings. The molecule has 0 aliphatic carbocycles. The van der Waals surface area contributed by atoms with E-state index in [1.165, 1.54) is 30.3 Å². The molecule has 4 rings (SSSR count). The SMILES string of the molecule is C=CC[C@@H](OC(=O)C(OC)(c1ccccc1)C(F)(F)F)[C@H](COCOCc1ccc(OC)cc1)CO[Si](c1ccccc1)(c1ccccc1)C(C)(C)C. The van der Waals surface area contributed by atoms with Gasteiger partial charge in [0.1, 0.15) is 18.6 Å². The van der Waals surface area contributed by atoms with Gasteiger partial charge in [-0.2, -0.15) is 13.2 Å². The molecular weight excluding hydrogens is 702 g/mol. The normalized spacial score (nSPS) is 14.5. The molecule has 0 bridgehead atoms. The zero-order chi connectivity index (χ0) is 38.5. The lowest BCUT2D eigenvalue weighted by molar-refractivity contribution is -0.279. The Balaban J connectivity index is 1.69. The highest BCUT2D eigenvalue weighted by atomic mass is 28.4. The summed E-state index contributed by atoms with van der Waals surface area (Å²) in [5.41, 5.74) is -2.89. The maximum absolute atomic E-state index is 14.9. The zero-order valence-electron chi connectivity index (χ0n) is 30.9. The third-order valence-corrected chi connectivity index (χ3v) is 14.2. The molecule has 7 nitrogen and oxygen atoms in total. The number of ether oxygens (including phenoxy) is 5. The van der Waals surface area contributed by atoms with Crippen LogP contribution in [0.3, 0.4) is 0 Å². The average molecular weight is 751 g/mol. The lowest BCUT2D eigenvalue weighted by Crippen LogP contribution is -2.67. The van der Waals surface area contributed by atoms with Crippen LogP contribution in [0.1, 0.15) is 38.3 Å². The molecule has 4 aromatic carbocycles. The molecule has 1 unspecified atom stereocenters. The molecule has 0 radical (unpaired) electrons. The van der Waals surface area contributed by atoms with Crippen LogP contribution in [0.15, 0.2) is 128 Å². The molecule has 0 heterocycles. The van der Waals surface area contributed by atoms with Crippen molar-refractivity contribution in [3.8, 4) is 5.75 Å². The number of carbonyl (C=O) groups is 1. The Morgan fingerprint density at radius 1 is 0.774 bits per heavy atom. The van der Waals surface area contributed by atoms with Crippen molar-refractivity contribution in [2.45, 2.75) is 56.7 Å². The van der Waals surface area contributed by atoms with Crippen molar-refractivity contribution in [3.63, 3.8) is 0 Å². The van der Waals surface area contributed by atoms with Crippen LogP contribution in [0.5, 0.6) is 5.75 Å². The quantitative estimate of drug-likeness (QED) is 0.0317. The first-order chi connectivity index (χ1) is 25.3. The summed E-state index contributed by atoms with van der Waals surface area (Å²) in [6.45, 7) is 10.2. The highest BCUT2D eigenvalue weighted by molar-refractivity contribution is 6.99. The van der Waals surface area contributed by atoms with E-state index in [2.05, 4.69) is 27.4 Å². The Labute approximate surface area is 311 Å². The number of alkyl halides is 3. The summed E-state index contributed by atoms with van der Waals surface area (Å²) in [4.78, 5) is 13.9. The van der Waals surface area contributed by atoms with Gasteiger partial charge in [-0.3, -0.25) is 0 Å². The van der Waals surface area contributed by atoms with Crippen molar-refractivity contribution >= 4 is 24.7 Å². The summed E-state index contributed by atoms with van der Waals surface area (Å²) < 4.78 is 79.8. The molecule has 0 fully saturated rings. The minimum absolute atomic E-state index is 0.0169. The Bertz CT molecular complexity index is 1660. The summed E-state index contributed by atoms with van der Waals surface area (Å²) in [6.07, 6.45) is -4.77. The van der Waals surface area contributed by atoms with E-state index >= 15 is 0 Å². The van der Waals surface area contributed by atoms with Gasteiger partial charge in [-0.15, -0.1) is 6.58 Å². The fourth-order valence-electron chi connectivity index (χ4n) is 6.50. The first-order valence-electron chi connectivity index (χ1n) is 17.4. The van der Waals surface area contributed by atoms with Crippen LogP contribution in [-0.2, 0) is 40.4 Å². The molecule has 0 N–H and O–H groups in total. The van der Waals surface area contributed by atoms with E-state index in [1.54, 1.807) is 13.2 Å². The summed E-state index contributed by atoms with van der Waals surface area (Å²) in [7, 11) is -0.690. The second kappa shape index (κ2) is 18.7. The fraction of sp³-hybridized carbons (Fsp3) is 0.357. The van der Waals surface area contributed by atoms with Crippen molar-refractivity contribution in [2.75, 3.05) is 34.2 Å². The van der Waals surface area contributed by atoms with Gasteiger partial charge in [0.05, 0.1) is 20.3 Å². The maximum Gasteiger partial charge on any atom is 0.432 e. The molecule has 53 heavy (non-hydrogen) atoms. The predicted molar refractivity (Wildman–Crippen MR) is 202 cm³/mol. The lowest BCUT2D eigenvalue weighted by Gasteiger charge is -2.44. The molecule has 0 saturated heterocycles. The van der Waals surface area contributed by atoms with Gasteiger partial charge in [0.2, 0.25) is 0 Å². The van der Waals surface area contributed by atoms with E-state index in [9.17, 15) is 18.0 Å². The van der Waals surface area contributed by atoms with Gasteiger partial charge >= 0.3 is 12.1 Å². The van der Waals surface area contributed by atoms with E-state index in [0.717, 1.165) is 23.0 Å². The number of esters is 1. The predicted octanol–water partition coefficient (Wildman–Crippen LogP) is 7.97. The van der Waals surface area contributed by atoms with Crippen LogP contribution >= 0.6 is 0 Å². The molecule has 0 spiro atoms. The van der Waals surface area contributed by atoms with E-state index in [-0.39, 0.29) is 33.0 Å². The topological polar surface area (TPSA) is 72.5 Å². The number of methoxy groups -OCH3 is 2. The molecule has 284 valence electrons. The number of hydrogen-bond donors (Lipinski definition) is 0. The van der Waals surface area contributed by atoms with Crippen LogP contribution in [0.4, 0.5) is 13.2 Å². The number of halogens is 3. The molecular formula is C42H49F3O7Si. The van der Waals surface area contributed by atoms with Crippen LogP contribution in [-0.4, -0.2) is 60.8 Å². The highest BCUT2D eigenvalue weighted by Crippen LogP contribution is 2.44. The molecule has 11 heteroatoms. The first-order valence-corrected chi connectivity index (χ1v) is 19.3. The van der Waals surface area contributed by atoms with Gasteiger partial charge in [-0.05, 0) is 33.1 Å². The second-order valence-corrected chi connectivity index (χ2v) is 17.9. The van der Waals surface area contributed by atoms with Crippen LogP contribution in [0.2, 0.25) is 5.04 Å². The first kappa shape index (κ1) is 41.5. The summed E-state index contributed by atoms with van der Waals surface area (Å²) in [6, 6.07) is 34.0. The third-order valence-electron chi connectivity index (χ3n) is 9.21. The summed E-state index contributed by atoms with van der Waals surface area (Å²) in [5, 5.41) is 1.62. The van der Waals surface area contributed by atoms with Gasteiger partial charge in [0.15, 0.2) is 0 Å². The number of hydrogen-bond acceptors (Lipinski definition) is 7. The van der Waals surface area contributed by atoms with E-state index in [1.807, 2.05) is 84.9 Å². The molecule has 0 aliphatic heterocycles. The molecule has 0 aromatic heterocycles. The smallest absolute Gasteiger partial charge is 0.432 e. The molecule has 3 atom stereocenters. The van der Waals surface area contributed by atoms with Gasteiger partial charge in [-0.1, -0.05) is 130 Å². The van der Waals surface area contributed by atoms with Crippen molar-refractivity contribution in [2.24, 2.45) is 5.92 Å². The standard InChI is InChI=1S/C42H49F3O7Si/c1-7-17-38(52-39(46)41(48-6,42(43,44)45)34-18-11-8-12-19-34)33(29-50-31-49-28-32-24-26-35(47-5)27-25-32)30-51-53(40(2,3)4,36-20-13-9-14-21-36)37-22-15-10-16-23-37/h7-16,18-27,33,38H,1,17,28-31H2,2-6H3/t33-,38-,41?/m1/s1. The van der Waals surface area contributed by atoms with Crippen molar-refractivity contribution in [1.82, 2.24) is 0 Å². The Morgan fingerprint density at radius 2 is 1.32 bits per heavy atom. The van der Waals surface area contributed by atoms with Crippen molar-refractivity contribution in [3.05, 3.63) is 139 Å². The van der Waals surface area contributed by atoms with Crippen molar-refractivity contribution in [1.29, 1.82) is 0 Å². The second-order valence-electron chi connectivity index (χ2n) is 13.6. The molecule has 0 amide bonds. The Kier molecular flexibility index (Phi) is 14.6. The van der Waals surface area contributed by atoms with Gasteiger partial charge in [-0.25, -0.2) is 4.79 Å². The number of rotatable bonds is 19. The summed E-state index contributed by atoms with van der Waals surface area (Å²) >= 11 is 0. The maximum atomic E-state index is 14.9. The Morgan fingerprint density at radius 3 is 1.79 bits per heavy atom. The third kappa shape index (κ3) is 9.65. The lowest BCUT2D eigenvalue weighted by atomic mass is 9.92. The van der Waals surface area contributed by atoms with Crippen LogP contribution in [0.25, 0.3) is 0 Å². The van der Waals surface area contributed by atoms with Gasteiger partial charge in [0.25, 0.3) is 13.9 Å². The van der Waals surface area contributed by atoms with Gasteiger partial charge < -0.3 is 28.1 Å².